The average molecular weight is 294 g/mol. The number of hydrogen-bond acceptors (Lipinski definition) is 2. The summed E-state index contributed by atoms with van der Waals surface area (Å²) >= 11 is 2.51. The van der Waals surface area contributed by atoms with Crippen molar-refractivity contribution >= 4 is 28.6 Å². The quantitative estimate of drug-likeness (QED) is 0.422. The van der Waals surface area contributed by atoms with Crippen LogP contribution in [-0.2, 0) is 9.53 Å². The summed E-state index contributed by atoms with van der Waals surface area (Å²) in [6.07, 6.45) is 3.77. The van der Waals surface area contributed by atoms with Gasteiger partial charge in [-0.1, -0.05) is 29.0 Å². The van der Waals surface area contributed by atoms with Crippen molar-refractivity contribution in [3.05, 3.63) is 0 Å². The van der Waals surface area contributed by atoms with Crippen molar-refractivity contribution in [3.8, 4) is 0 Å². The predicted octanol–water partition coefficient (Wildman–Crippen LogP) is 2.54. The standard InChI is InChI=1S/C10H15IO2/c1-6(12)13-10(2)7-4-3-5-8(10)9(7)11/h7-9H,3-5H2,1-2H3/t7-,8+,9?,10?. The highest BCUT2D eigenvalue weighted by Crippen LogP contribution is 2.58. The van der Waals surface area contributed by atoms with Crippen molar-refractivity contribution in [2.24, 2.45) is 11.8 Å². The molecule has 0 spiro atoms. The maximum Gasteiger partial charge on any atom is 0.303 e. The number of esters is 1. The molecule has 3 heteroatoms. The lowest BCUT2D eigenvalue weighted by molar-refractivity contribution is -0.200. The van der Waals surface area contributed by atoms with Gasteiger partial charge in [-0.2, -0.15) is 0 Å². The van der Waals surface area contributed by atoms with E-state index >= 15 is 0 Å². The van der Waals surface area contributed by atoms with E-state index in [9.17, 15) is 4.79 Å². The Balaban J connectivity index is 2.12. The first-order chi connectivity index (χ1) is 6.05. The molecule has 0 saturated heterocycles. The van der Waals surface area contributed by atoms with E-state index < -0.39 is 0 Å². The van der Waals surface area contributed by atoms with Gasteiger partial charge in [0, 0.05) is 22.7 Å². The summed E-state index contributed by atoms with van der Waals surface area (Å²) < 4.78 is 6.20. The van der Waals surface area contributed by atoms with E-state index in [-0.39, 0.29) is 11.6 Å². The molecule has 3 fully saturated rings. The molecule has 2 unspecified atom stereocenters. The van der Waals surface area contributed by atoms with Crippen LogP contribution in [0.15, 0.2) is 0 Å². The normalized spacial score (nSPS) is 48.1. The topological polar surface area (TPSA) is 26.3 Å². The molecule has 3 saturated carbocycles. The van der Waals surface area contributed by atoms with Crippen molar-refractivity contribution in [2.75, 3.05) is 0 Å². The Labute approximate surface area is 92.5 Å². The number of carbonyl (C=O) groups excluding carboxylic acids is 1. The van der Waals surface area contributed by atoms with E-state index in [0.29, 0.717) is 11.8 Å². The number of rotatable bonds is 1. The van der Waals surface area contributed by atoms with Crippen LogP contribution >= 0.6 is 22.6 Å². The Hall–Kier alpha value is 0.200. The minimum absolute atomic E-state index is 0.122. The van der Waals surface area contributed by atoms with Gasteiger partial charge in [-0.05, 0) is 19.8 Å². The van der Waals surface area contributed by atoms with Crippen LogP contribution in [-0.4, -0.2) is 15.5 Å². The van der Waals surface area contributed by atoms with Crippen LogP contribution in [0, 0.1) is 11.8 Å². The third-order valence-electron chi connectivity index (χ3n) is 3.64. The van der Waals surface area contributed by atoms with Crippen LogP contribution in [0.4, 0.5) is 0 Å². The van der Waals surface area contributed by atoms with Gasteiger partial charge >= 0.3 is 5.97 Å². The summed E-state index contributed by atoms with van der Waals surface area (Å²) in [5.41, 5.74) is -0.129. The lowest BCUT2D eigenvalue weighted by atomic mass is 9.54. The molecule has 0 aromatic heterocycles. The molecule has 3 rings (SSSR count). The smallest absolute Gasteiger partial charge is 0.303 e. The van der Waals surface area contributed by atoms with Crippen LogP contribution < -0.4 is 0 Å². The first kappa shape index (κ1) is 9.74. The van der Waals surface area contributed by atoms with E-state index in [0.717, 1.165) is 3.92 Å². The highest BCUT2D eigenvalue weighted by Gasteiger charge is 2.61. The van der Waals surface area contributed by atoms with Gasteiger partial charge in [0.2, 0.25) is 0 Å². The minimum Gasteiger partial charge on any atom is -0.459 e. The second kappa shape index (κ2) is 3.11. The van der Waals surface area contributed by atoms with Gasteiger partial charge in [0.15, 0.2) is 0 Å². The maximum atomic E-state index is 11.0. The number of ether oxygens (including phenoxy) is 1. The highest BCUT2D eigenvalue weighted by molar-refractivity contribution is 14.1. The van der Waals surface area contributed by atoms with Gasteiger partial charge in [-0.25, -0.2) is 0 Å². The molecule has 0 N–H and O–H groups in total. The largest absolute Gasteiger partial charge is 0.459 e. The van der Waals surface area contributed by atoms with Crippen LogP contribution in [0.3, 0.4) is 0 Å². The Kier molecular flexibility index (Phi) is 2.33. The highest BCUT2D eigenvalue weighted by atomic mass is 127. The molecule has 13 heavy (non-hydrogen) atoms. The van der Waals surface area contributed by atoms with E-state index in [1.54, 1.807) is 0 Å². The lowest BCUT2D eigenvalue weighted by Gasteiger charge is -2.60. The van der Waals surface area contributed by atoms with E-state index in [4.69, 9.17) is 4.74 Å². The van der Waals surface area contributed by atoms with Crippen molar-refractivity contribution in [3.63, 3.8) is 0 Å². The van der Waals surface area contributed by atoms with Crippen molar-refractivity contribution in [2.45, 2.75) is 42.6 Å². The summed E-state index contributed by atoms with van der Waals surface area (Å²) in [4.78, 5) is 11.0. The van der Waals surface area contributed by atoms with Gasteiger partial charge < -0.3 is 4.74 Å². The Morgan fingerprint density at radius 1 is 1.46 bits per heavy atom. The molecular formula is C10H15IO2. The Morgan fingerprint density at radius 3 is 2.38 bits per heavy atom. The zero-order valence-corrected chi connectivity index (χ0v) is 10.2. The first-order valence-corrected chi connectivity index (χ1v) is 6.14. The molecule has 3 aliphatic carbocycles. The van der Waals surface area contributed by atoms with Gasteiger partial charge in [0.25, 0.3) is 0 Å². The predicted molar refractivity (Wildman–Crippen MR) is 58.8 cm³/mol. The van der Waals surface area contributed by atoms with Crippen LogP contribution in [0.1, 0.15) is 33.1 Å². The van der Waals surface area contributed by atoms with Gasteiger partial charge in [0.1, 0.15) is 5.60 Å². The number of alkyl halides is 1. The fraction of sp³-hybridized carbons (Fsp3) is 0.900. The number of hydrogen-bond donors (Lipinski definition) is 0. The van der Waals surface area contributed by atoms with E-state index in [2.05, 4.69) is 29.5 Å². The summed E-state index contributed by atoms with van der Waals surface area (Å²) in [6.45, 7) is 3.62. The monoisotopic (exact) mass is 294 g/mol. The van der Waals surface area contributed by atoms with Crippen LogP contribution in [0.5, 0.6) is 0 Å². The molecule has 0 amide bonds. The zero-order chi connectivity index (χ0) is 9.64. The molecule has 4 atom stereocenters. The molecule has 2 nitrogen and oxygen atoms in total. The van der Waals surface area contributed by atoms with Crippen molar-refractivity contribution < 1.29 is 9.53 Å². The van der Waals surface area contributed by atoms with Crippen molar-refractivity contribution in [1.29, 1.82) is 0 Å². The van der Waals surface area contributed by atoms with E-state index in [1.165, 1.54) is 26.2 Å². The van der Waals surface area contributed by atoms with Crippen LogP contribution in [0.2, 0.25) is 0 Å². The van der Waals surface area contributed by atoms with Gasteiger partial charge in [-0.3, -0.25) is 4.79 Å². The summed E-state index contributed by atoms with van der Waals surface area (Å²) in [7, 11) is 0. The first-order valence-electron chi connectivity index (χ1n) is 4.89. The SMILES string of the molecule is CC(=O)OC1(C)[C@@H]2CCC[C@H]1C2I. The summed E-state index contributed by atoms with van der Waals surface area (Å²) in [5, 5.41) is 0. The van der Waals surface area contributed by atoms with Crippen LogP contribution in [0.25, 0.3) is 0 Å². The van der Waals surface area contributed by atoms with E-state index in [1.807, 2.05) is 0 Å². The minimum atomic E-state index is -0.129. The molecular weight excluding hydrogens is 279 g/mol. The third kappa shape index (κ3) is 1.30. The number of halogens is 1. The summed E-state index contributed by atoms with van der Waals surface area (Å²) in [5.74, 6) is 1.09. The zero-order valence-electron chi connectivity index (χ0n) is 8.05. The fourth-order valence-electron chi connectivity index (χ4n) is 2.98. The molecule has 3 aliphatic rings. The third-order valence-corrected chi connectivity index (χ3v) is 5.37. The molecule has 74 valence electrons. The molecule has 0 aromatic rings. The second-order valence-electron chi connectivity index (χ2n) is 4.37. The Bertz CT molecular complexity index is 227. The molecule has 0 aliphatic heterocycles. The molecule has 0 aromatic carbocycles. The average Bonchev–Trinajstić information content (AvgIpc) is 2.04. The Morgan fingerprint density at radius 2 is 2.00 bits per heavy atom. The number of carbonyl (C=O) groups is 1. The maximum absolute atomic E-state index is 11.0. The lowest BCUT2D eigenvalue weighted by Crippen LogP contribution is -2.65. The molecule has 0 radical (unpaired) electrons. The fourth-order valence-corrected chi connectivity index (χ4v) is 5.13. The second-order valence-corrected chi connectivity index (χ2v) is 5.80. The molecule has 0 heterocycles. The molecule has 2 bridgehead atoms. The summed E-state index contributed by atoms with van der Waals surface area (Å²) in [6, 6.07) is 0. The number of fused-ring (bicyclic) bond motifs is 2. The van der Waals surface area contributed by atoms with Gasteiger partial charge in [0.05, 0.1) is 0 Å². The van der Waals surface area contributed by atoms with Crippen molar-refractivity contribution in [1.82, 2.24) is 0 Å². The van der Waals surface area contributed by atoms with Gasteiger partial charge in [-0.15, -0.1) is 0 Å².